The fourth-order valence-corrected chi connectivity index (χ4v) is 2.90. The van der Waals surface area contributed by atoms with Crippen LogP contribution in [0.3, 0.4) is 0 Å². The van der Waals surface area contributed by atoms with Gasteiger partial charge in [0.15, 0.2) is 0 Å². The minimum atomic E-state index is -0.216. The van der Waals surface area contributed by atoms with Crippen molar-refractivity contribution in [2.45, 2.75) is 13.0 Å². The molecule has 1 aromatic carbocycles. The molecule has 128 valence electrons. The number of hydrogen-bond acceptors (Lipinski definition) is 4. The van der Waals surface area contributed by atoms with E-state index in [-0.39, 0.29) is 24.3 Å². The van der Waals surface area contributed by atoms with E-state index in [0.717, 1.165) is 5.76 Å². The third-order valence-electron chi connectivity index (χ3n) is 4.35. The van der Waals surface area contributed by atoms with Gasteiger partial charge < -0.3 is 14.2 Å². The Balaban J connectivity index is 1.48. The normalized spacial score (nSPS) is 16.2. The molecule has 0 unspecified atom stereocenters. The van der Waals surface area contributed by atoms with Gasteiger partial charge in [0.25, 0.3) is 0 Å². The molecule has 1 N–H and O–H groups in total. The van der Waals surface area contributed by atoms with Gasteiger partial charge in [-0.3, -0.25) is 10.1 Å². The molecule has 1 saturated heterocycles. The zero-order valence-corrected chi connectivity index (χ0v) is 13.7. The summed E-state index contributed by atoms with van der Waals surface area (Å²) in [6.07, 6.45) is 1.62. The summed E-state index contributed by atoms with van der Waals surface area (Å²) < 4.78 is 19.2. The highest BCUT2D eigenvalue weighted by atomic mass is 19.1. The molecule has 1 atom stereocenters. The Labute approximate surface area is 141 Å². The fourth-order valence-electron chi connectivity index (χ4n) is 2.90. The number of carbonyl (C=O) groups excluding carboxylic acids is 1. The largest absolute Gasteiger partial charge is 0.468 e. The third-order valence-corrected chi connectivity index (χ3v) is 4.35. The van der Waals surface area contributed by atoms with Crippen molar-refractivity contribution in [3.8, 4) is 0 Å². The SMILES string of the molecule is C[C@H](NCC(=O)N1CCN(c2ccccc2F)CC1)c1ccco1. The number of hydrogen-bond donors (Lipinski definition) is 1. The quantitative estimate of drug-likeness (QED) is 0.914. The van der Waals surface area contributed by atoms with Crippen molar-refractivity contribution < 1.29 is 13.6 Å². The molecule has 0 saturated carbocycles. The van der Waals surface area contributed by atoms with Crippen LogP contribution in [0.15, 0.2) is 47.1 Å². The molecule has 1 aromatic heterocycles. The smallest absolute Gasteiger partial charge is 0.236 e. The van der Waals surface area contributed by atoms with Crippen LogP contribution >= 0.6 is 0 Å². The van der Waals surface area contributed by atoms with Gasteiger partial charge in [-0.05, 0) is 31.2 Å². The van der Waals surface area contributed by atoms with E-state index in [1.807, 2.05) is 34.9 Å². The Morgan fingerprint density at radius 3 is 2.62 bits per heavy atom. The summed E-state index contributed by atoms with van der Waals surface area (Å²) in [6.45, 7) is 4.71. The number of carbonyl (C=O) groups is 1. The number of furan rings is 1. The van der Waals surface area contributed by atoms with Crippen LogP contribution in [0.25, 0.3) is 0 Å². The number of nitrogens with one attached hydrogen (secondary N) is 1. The predicted molar refractivity (Wildman–Crippen MR) is 90.3 cm³/mol. The van der Waals surface area contributed by atoms with Gasteiger partial charge in [0.05, 0.1) is 24.5 Å². The lowest BCUT2D eigenvalue weighted by Gasteiger charge is -2.36. The molecule has 5 nitrogen and oxygen atoms in total. The summed E-state index contributed by atoms with van der Waals surface area (Å²) in [5.41, 5.74) is 0.606. The fraction of sp³-hybridized carbons (Fsp3) is 0.389. The average Bonchev–Trinajstić information content (AvgIpc) is 3.15. The van der Waals surface area contributed by atoms with Crippen molar-refractivity contribution in [2.75, 3.05) is 37.6 Å². The number of piperazine rings is 1. The van der Waals surface area contributed by atoms with Crippen molar-refractivity contribution in [3.05, 3.63) is 54.2 Å². The zero-order valence-electron chi connectivity index (χ0n) is 13.7. The molecule has 0 radical (unpaired) electrons. The zero-order chi connectivity index (χ0) is 16.9. The summed E-state index contributed by atoms with van der Waals surface area (Å²) in [4.78, 5) is 16.1. The Morgan fingerprint density at radius 1 is 1.21 bits per heavy atom. The number of para-hydroxylation sites is 1. The van der Waals surface area contributed by atoms with Crippen LogP contribution in [0.4, 0.5) is 10.1 Å². The highest BCUT2D eigenvalue weighted by Gasteiger charge is 2.23. The first-order valence-corrected chi connectivity index (χ1v) is 8.19. The van der Waals surface area contributed by atoms with Crippen LogP contribution in [0.1, 0.15) is 18.7 Å². The first-order chi connectivity index (χ1) is 11.6. The van der Waals surface area contributed by atoms with Gasteiger partial charge in [-0.2, -0.15) is 0 Å². The molecular weight excluding hydrogens is 309 g/mol. The second kappa shape index (κ2) is 7.49. The van der Waals surface area contributed by atoms with Gasteiger partial charge in [0, 0.05) is 26.2 Å². The Morgan fingerprint density at radius 2 is 1.96 bits per heavy atom. The van der Waals surface area contributed by atoms with Crippen molar-refractivity contribution in [1.82, 2.24) is 10.2 Å². The topological polar surface area (TPSA) is 48.7 Å². The van der Waals surface area contributed by atoms with E-state index in [2.05, 4.69) is 5.32 Å². The van der Waals surface area contributed by atoms with Gasteiger partial charge >= 0.3 is 0 Å². The van der Waals surface area contributed by atoms with Crippen molar-refractivity contribution in [3.63, 3.8) is 0 Å². The third kappa shape index (κ3) is 3.76. The van der Waals surface area contributed by atoms with E-state index >= 15 is 0 Å². The molecule has 1 aliphatic rings. The van der Waals surface area contributed by atoms with E-state index < -0.39 is 0 Å². The number of benzene rings is 1. The Kier molecular flexibility index (Phi) is 5.15. The molecule has 3 rings (SSSR count). The molecule has 1 aliphatic heterocycles. The average molecular weight is 331 g/mol. The van der Waals surface area contributed by atoms with Crippen molar-refractivity contribution >= 4 is 11.6 Å². The maximum atomic E-state index is 13.8. The van der Waals surface area contributed by atoms with Crippen molar-refractivity contribution in [1.29, 1.82) is 0 Å². The predicted octanol–water partition coefficient (Wildman–Crippen LogP) is 2.42. The maximum absolute atomic E-state index is 13.8. The van der Waals surface area contributed by atoms with E-state index in [9.17, 15) is 9.18 Å². The molecule has 0 spiro atoms. The maximum Gasteiger partial charge on any atom is 0.236 e. The number of halogens is 1. The highest BCUT2D eigenvalue weighted by Crippen LogP contribution is 2.20. The molecule has 1 amide bonds. The number of amides is 1. The van der Waals surface area contributed by atoms with Crippen LogP contribution in [-0.2, 0) is 4.79 Å². The number of rotatable bonds is 5. The number of anilines is 1. The van der Waals surface area contributed by atoms with Crippen LogP contribution in [0.5, 0.6) is 0 Å². The molecule has 6 heteroatoms. The monoisotopic (exact) mass is 331 g/mol. The van der Waals surface area contributed by atoms with Crippen LogP contribution in [0, 0.1) is 5.82 Å². The standard InChI is InChI=1S/C18H22FN3O2/c1-14(17-7-4-12-24-17)20-13-18(23)22-10-8-21(9-11-22)16-6-3-2-5-15(16)19/h2-7,12,14,20H,8-11,13H2,1H3/t14-/m0/s1. The summed E-state index contributed by atoms with van der Waals surface area (Å²) in [5.74, 6) is 0.653. The highest BCUT2D eigenvalue weighted by molar-refractivity contribution is 5.78. The van der Waals surface area contributed by atoms with E-state index in [1.54, 1.807) is 18.4 Å². The molecule has 2 aromatic rings. The summed E-state index contributed by atoms with van der Waals surface area (Å²) in [7, 11) is 0. The molecule has 0 bridgehead atoms. The molecule has 0 aliphatic carbocycles. The van der Waals surface area contributed by atoms with Crippen LogP contribution in [-0.4, -0.2) is 43.5 Å². The minimum Gasteiger partial charge on any atom is -0.468 e. The second-order valence-electron chi connectivity index (χ2n) is 5.94. The van der Waals surface area contributed by atoms with E-state index in [0.29, 0.717) is 31.9 Å². The molecular formula is C18H22FN3O2. The lowest BCUT2D eigenvalue weighted by atomic mass is 10.2. The second-order valence-corrected chi connectivity index (χ2v) is 5.94. The molecule has 1 fully saturated rings. The first-order valence-electron chi connectivity index (χ1n) is 8.19. The van der Waals surface area contributed by atoms with Gasteiger partial charge in [-0.25, -0.2) is 4.39 Å². The summed E-state index contributed by atoms with van der Waals surface area (Å²) in [5, 5.41) is 3.18. The first kappa shape index (κ1) is 16.5. The van der Waals surface area contributed by atoms with Gasteiger partial charge in [0.1, 0.15) is 11.6 Å². The number of nitrogens with zero attached hydrogens (tertiary/aromatic N) is 2. The summed E-state index contributed by atoms with van der Waals surface area (Å²) >= 11 is 0. The Hall–Kier alpha value is -2.34. The lowest BCUT2D eigenvalue weighted by molar-refractivity contribution is -0.130. The van der Waals surface area contributed by atoms with E-state index in [1.165, 1.54) is 6.07 Å². The van der Waals surface area contributed by atoms with Crippen LogP contribution in [0.2, 0.25) is 0 Å². The minimum absolute atomic E-state index is 0.0105. The van der Waals surface area contributed by atoms with Gasteiger partial charge in [-0.1, -0.05) is 12.1 Å². The van der Waals surface area contributed by atoms with Crippen LogP contribution < -0.4 is 10.2 Å². The van der Waals surface area contributed by atoms with E-state index in [4.69, 9.17) is 4.42 Å². The van der Waals surface area contributed by atoms with Gasteiger partial charge in [0.2, 0.25) is 5.91 Å². The van der Waals surface area contributed by atoms with Crippen molar-refractivity contribution in [2.24, 2.45) is 0 Å². The van der Waals surface area contributed by atoms with Gasteiger partial charge in [-0.15, -0.1) is 0 Å². The molecule has 24 heavy (non-hydrogen) atoms. The lowest BCUT2D eigenvalue weighted by Crippen LogP contribution is -2.51. The summed E-state index contributed by atoms with van der Waals surface area (Å²) in [6, 6.07) is 10.5. The Bertz CT molecular complexity index is 667. The molecule has 2 heterocycles.